The summed E-state index contributed by atoms with van der Waals surface area (Å²) in [5.74, 6) is 0. The lowest BCUT2D eigenvalue weighted by Gasteiger charge is -2.42. The maximum absolute atomic E-state index is 6.40. The van der Waals surface area contributed by atoms with Crippen LogP contribution in [-0.4, -0.2) is 14.9 Å². The number of rotatable bonds is 7. The lowest BCUT2D eigenvalue weighted by molar-refractivity contribution is 0.281. The molecule has 0 aromatic heterocycles. The van der Waals surface area contributed by atoms with Gasteiger partial charge in [-0.25, -0.2) is 0 Å². The van der Waals surface area contributed by atoms with Gasteiger partial charge in [0.15, 0.2) is 8.32 Å². The van der Waals surface area contributed by atoms with Crippen molar-refractivity contribution in [2.45, 2.75) is 71.5 Å². The van der Waals surface area contributed by atoms with Crippen LogP contribution in [0.5, 0.6) is 0 Å². The second-order valence-electron chi connectivity index (χ2n) is 5.87. The third-order valence-corrected chi connectivity index (χ3v) is 9.71. The molecule has 0 aliphatic rings. The summed E-state index contributed by atoms with van der Waals surface area (Å²) in [5.41, 5.74) is 3.26. The smallest absolute Gasteiger partial charge is 0.200 e. The molecule has 16 heavy (non-hydrogen) atoms. The van der Waals surface area contributed by atoms with Crippen molar-refractivity contribution >= 4 is 8.32 Å². The maximum Gasteiger partial charge on any atom is 0.200 e. The zero-order chi connectivity index (χ0) is 12.9. The molecule has 0 heterocycles. The fraction of sp³-hybridized carbons (Fsp3) is 0.857. The molecule has 0 bridgehead atoms. The Balaban J connectivity index is 4.70. The predicted molar refractivity (Wildman–Crippen MR) is 76.4 cm³/mol. The molecule has 0 radical (unpaired) electrons. The van der Waals surface area contributed by atoms with Crippen LogP contribution in [0.3, 0.4) is 0 Å². The molecular weight excluding hydrogens is 212 g/mol. The molecule has 0 atom stereocenters. The summed E-state index contributed by atoms with van der Waals surface area (Å²) in [6, 6.07) is 0. The summed E-state index contributed by atoms with van der Waals surface area (Å²) in [7, 11) is -1.64. The van der Waals surface area contributed by atoms with Gasteiger partial charge in [-0.3, -0.25) is 0 Å². The van der Waals surface area contributed by atoms with Crippen LogP contribution in [0, 0.1) is 0 Å². The van der Waals surface area contributed by atoms with Gasteiger partial charge in [0.1, 0.15) is 0 Å². The second-order valence-corrected chi connectivity index (χ2v) is 11.3. The Kier molecular flexibility index (Phi) is 6.57. The van der Waals surface area contributed by atoms with Crippen LogP contribution in [0.25, 0.3) is 0 Å². The van der Waals surface area contributed by atoms with Gasteiger partial charge >= 0.3 is 0 Å². The van der Waals surface area contributed by atoms with E-state index < -0.39 is 8.32 Å². The first kappa shape index (κ1) is 15.9. The summed E-state index contributed by atoms with van der Waals surface area (Å²) in [4.78, 5) is 0. The van der Waals surface area contributed by atoms with Crippen LogP contribution in [0.1, 0.15) is 54.9 Å². The molecule has 96 valence electrons. The van der Waals surface area contributed by atoms with E-state index in [2.05, 4.69) is 55.0 Å². The van der Waals surface area contributed by atoms with Gasteiger partial charge in [-0.2, -0.15) is 0 Å². The lowest BCUT2D eigenvalue weighted by atomic mass is 10.3. The van der Waals surface area contributed by atoms with Gasteiger partial charge in [-0.05, 0) is 30.0 Å². The van der Waals surface area contributed by atoms with Crippen LogP contribution in [0.15, 0.2) is 12.2 Å². The monoisotopic (exact) mass is 242 g/mol. The molecule has 0 aliphatic carbocycles. The summed E-state index contributed by atoms with van der Waals surface area (Å²) in [5, 5.41) is 0. The molecule has 0 fully saturated rings. The first-order chi connectivity index (χ1) is 7.25. The van der Waals surface area contributed by atoms with Gasteiger partial charge in [-0.15, -0.1) is 6.58 Å². The van der Waals surface area contributed by atoms with Gasteiger partial charge in [-0.1, -0.05) is 47.1 Å². The summed E-state index contributed by atoms with van der Waals surface area (Å²) >= 11 is 0. The van der Waals surface area contributed by atoms with Crippen LogP contribution in [0.4, 0.5) is 0 Å². The predicted octanol–water partition coefficient (Wildman–Crippen LogP) is 5.14. The minimum Gasteiger partial charge on any atom is -0.416 e. The van der Waals surface area contributed by atoms with Crippen LogP contribution >= 0.6 is 0 Å². The molecule has 1 nitrogen and oxygen atoms in total. The summed E-state index contributed by atoms with van der Waals surface area (Å²) < 4.78 is 6.40. The quantitative estimate of drug-likeness (QED) is 0.443. The third-order valence-electron chi connectivity index (χ3n) is 3.59. The van der Waals surface area contributed by atoms with Gasteiger partial charge in [0.25, 0.3) is 0 Å². The SMILES string of the molecule is C=C(C)CCO[Si](C(C)C)(C(C)C)C(C)C. The van der Waals surface area contributed by atoms with E-state index in [0.717, 1.165) is 13.0 Å². The van der Waals surface area contributed by atoms with Crippen LogP contribution in [0.2, 0.25) is 16.6 Å². The van der Waals surface area contributed by atoms with E-state index in [4.69, 9.17) is 4.43 Å². The first-order valence-corrected chi connectivity index (χ1v) is 8.67. The number of hydrogen-bond donors (Lipinski definition) is 0. The molecular formula is C14H30OSi. The molecule has 0 rings (SSSR count). The fourth-order valence-corrected chi connectivity index (χ4v) is 8.36. The minimum absolute atomic E-state index is 0.678. The highest BCUT2D eigenvalue weighted by molar-refractivity contribution is 6.77. The standard InChI is InChI=1S/C14H30OSi/c1-11(2)9-10-15-16(12(3)4,13(5)6)14(7)8/h12-14H,1,9-10H2,2-8H3. The van der Waals surface area contributed by atoms with Crippen molar-refractivity contribution in [1.29, 1.82) is 0 Å². The molecule has 2 heteroatoms. The van der Waals surface area contributed by atoms with Crippen LogP contribution < -0.4 is 0 Å². The Morgan fingerprint density at radius 1 is 1.00 bits per heavy atom. The van der Waals surface area contributed by atoms with Crippen molar-refractivity contribution in [3.8, 4) is 0 Å². The zero-order valence-electron chi connectivity index (χ0n) is 12.3. The highest BCUT2D eigenvalue weighted by Crippen LogP contribution is 2.42. The normalized spacial score (nSPS) is 12.9. The average Bonchev–Trinajstić information content (AvgIpc) is 2.09. The summed E-state index contributed by atoms with van der Waals surface area (Å²) in [6.45, 7) is 20.8. The topological polar surface area (TPSA) is 9.23 Å². The molecule has 0 N–H and O–H groups in total. The highest BCUT2D eigenvalue weighted by Gasteiger charge is 2.44. The Morgan fingerprint density at radius 2 is 1.38 bits per heavy atom. The van der Waals surface area contributed by atoms with E-state index in [0.29, 0.717) is 16.6 Å². The van der Waals surface area contributed by atoms with E-state index in [1.807, 2.05) is 0 Å². The highest BCUT2D eigenvalue weighted by atomic mass is 28.4. The largest absolute Gasteiger partial charge is 0.416 e. The molecule has 0 spiro atoms. The molecule has 0 unspecified atom stereocenters. The van der Waals surface area contributed by atoms with Crippen molar-refractivity contribution in [1.82, 2.24) is 0 Å². The zero-order valence-corrected chi connectivity index (χ0v) is 13.3. The molecule has 0 aromatic rings. The maximum atomic E-state index is 6.40. The molecule has 0 saturated carbocycles. The molecule has 0 amide bonds. The van der Waals surface area contributed by atoms with E-state index in [-0.39, 0.29) is 0 Å². The van der Waals surface area contributed by atoms with Gasteiger partial charge < -0.3 is 4.43 Å². The Bertz CT molecular complexity index is 197. The van der Waals surface area contributed by atoms with Crippen molar-refractivity contribution in [3.63, 3.8) is 0 Å². The van der Waals surface area contributed by atoms with E-state index in [9.17, 15) is 0 Å². The van der Waals surface area contributed by atoms with E-state index in [1.54, 1.807) is 0 Å². The van der Waals surface area contributed by atoms with Crippen molar-refractivity contribution in [2.24, 2.45) is 0 Å². The van der Waals surface area contributed by atoms with E-state index in [1.165, 1.54) is 5.57 Å². The molecule has 0 aromatic carbocycles. The molecule has 0 aliphatic heterocycles. The summed E-state index contributed by atoms with van der Waals surface area (Å²) in [6.07, 6.45) is 1.00. The van der Waals surface area contributed by atoms with Gasteiger partial charge in [0, 0.05) is 6.61 Å². The average molecular weight is 242 g/mol. The van der Waals surface area contributed by atoms with Crippen molar-refractivity contribution < 1.29 is 4.43 Å². The van der Waals surface area contributed by atoms with Gasteiger partial charge in [0.05, 0.1) is 0 Å². The van der Waals surface area contributed by atoms with E-state index >= 15 is 0 Å². The van der Waals surface area contributed by atoms with Crippen molar-refractivity contribution in [2.75, 3.05) is 6.61 Å². The minimum atomic E-state index is -1.64. The molecule has 0 saturated heterocycles. The fourth-order valence-electron chi connectivity index (χ4n) is 2.90. The first-order valence-electron chi connectivity index (χ1n) is 6.53. The Hall–Kier alpha value is -0.0831. The van der Waals surface area contributed by atoms with Crippen molar-refractivity contribution in [3.05, 3.63) is 12.2 Å². The Labute approximate surface area is 103 Å². The number of hydrogen-bond acceptors (Lipinski definition) is 1. The Morgan fingerprint density at radius 3 is 1.62 bits per heavy atom. The van der Waals surface area contributed by atoms with Crippen LogP contribution in [-0.2, 0) is 4.43 Å². The third kappa shape index (κ3) is 3.74. The van der Waals surface area contributed by atoms with Gasteiger partial charge in [0.2, 0.25) is 0 Å². The lowest BCUT2D eigenvalue weighted by Crippen LogP contribution is -2.47. The second kappa shape index (κ2) is 6.60.